The third-order valence-electron chi connectivity index (χ3n) is 4.32. The van der Waals surface area contributed by atoms with E-state index in [9.17, 15) is 18.0 Å². The maximum absolute atomic E-state index is 12.5. The van der Waals surface area contributed by atoms with Crippen molar-refractivity contribution in [1.29, 1.82) is 0 Å². The van der Waals surface area contributed by atoms with Gasteiger partial charge < -0.3 is 0 Å². The number of benzene rings is 2. The first-order valence-corrected chi connectivity index (χ1v) is 9.87. The van der Waals surface area contributed by atoms with Crippen LogP contribution in [-0.2, 0) is 26.0 Å². The van der Waals surface area contributed by atoms with Crippen LogP contribution in [-0.4, -0.2) is 26.8 Å². The number of hydrogen-bond donors (Lipinski definition) is 1. The summed E-state index contributed by atoms with van der Waals surface area (Å²) in [7, 11) is -3.66. The summed E-state index contributed by atoms with van der Waals surface area (Å²) in [5.74, 6) is -0.510. The van der Waals surface area contributed by atoms with Crippen molar-refractivity contribution in [2.45, 2.75) is 31.1 Å². The predicted octanol–water partition coefficient (Wildman–Crippen LogP) is 2.17. The molecule has 2 amide bonds. The number of hydrogen-bond acceptors (Lipinski definition) is 4. The molecule has 1 aliphatic rings. The van der Waals surface area contributed by atoms with Gasteiger partial charge in [-0.05, 0) is 42.7 Å². The highest BCUT2D eigenvalue weighted by atomic mass is 32.2. The molecule has 6 nitrogen and oxygen atoms in total. The lowest BCUT2D eigenvalue weighted by Crippen LogP contribution is -2.30. The molecule has 0 spiro atoms. The van der Waals surface area contributed by atoms with Crippen LogP contribution in [0.25, 0.3) is 0 Å². The lowest BCUT2D eigenvalue weighted by Gasteiger charge is -2.17. The molecule has 0 radical (unpaired) electrons. The molecule has 0 aromatic heterocycles. The maximum Gasteiger partial charge on any atom is 0.240 e. The summed E-state index contributed by atoms with van der Waals surface area (Å²) in [5, 5.41) is 0. The highest BCUT2D eigenvalue weighted by Crippen LogP contribution is 2.28. The zero-order chi connectivity index (χ0) is 18.7. The molecule has 2 aromatic rings. The first-order chi connectivity index (χ1) is 12.4. The first kappa shape index (κ1) is 18.3. The summed E-state index contributed by atoms with van der Waals surface area (Å²) >= 11 is 0. The van der Waals surface area contributed by atoms with Crippen molar-refractivity contribution in [2.24, 2.45) is 0 Å². The lowest BCUT2D eigenvalue weighted by atomic mass is 10.2. The molecular weight excluding hydrogens is 352 g/mol. The lowest BCUT2D eigenvalue weighted by molar-refractivity contribution is -0.121. The van der Waals surface area contributed by atoms with Crippen LogP contribution in [0.3, 0.4) is 0 Å². The van der Waals surface area contributed by atoms with E-state index in [0.29, 0.717) is 17.7 Å². The fourth-order valence-corrected chi connectivity index (χ4v) is 4.07. The second-order valence-corrected chi connectivity index (χ2v) is 7.97. The van der Waals surface area contributed by atoms with Gasteiger partial charge in [-0.15, -0.1) is 0 Å². The van der Waals surface area contributed by atoms with Gasteiger partial charge in [0.05, 0.1) is 10.6 Å². The van der Waals surface area contributed by atoms with Crippen molar-refractivity contribution in [2.75, 3.05) is 11.4 Å². The summed E-state index contributed by atoms with van der Waals surface area (Å²) in [4.78, 5) is 25.0. The second kappa shape index (κ2) is 7.39. The fourth-order valence-electron chi connectivity index (χ4n) is 2.95. The maximum atomic E-state index is 12.5. The minimum atomic E-state index is -3.66. The molecule has 1 fully saturated rings. The average molecular weight is 372 g/mol. The summed E-state index contributed by atoms with van der Waals surface area (Å²) in [6.45, 7) is 1.98. The number of aryl methyl sites for hydroxylation is 1. The molecule has 136 valence electrons. The van der Waals surface area contributed by atoms with E-state index < -0.39 is 10.0 Å². The van der Waals surface area contributed by atoms with Crippen LogP contribution in [0, 0.1) is 6.92 Å². The normalized spacial score (nSPS) is 14.9. The molecule has 0 unspecified atom stereocenters. The second-order valence-electron chi connectivity index (χ2n) is 6.20. The Labute approximate surface area is 152 Å². The van der Waals surface area contributed by atoms with E-state index in [0.717, 1.165) is 10.5 Å². The van der Waals surface area contributed by atoms with Crippen LogP contribution >= 0.6 is 0 Å². The third kappa shape index (κ3) is 3.84. The van der Waals surface area contributed by atoms with Gasteiger partial charge >= 0.3 is 0 Å². The molecule has 1 saturated heterocycles. The van der Waals surface area contributed by atoms with Crippen LogP contribution in [0.15, 0.2) is 53.4 Å². The van der Waals surface area contributed by atoms with Gasteiger partial charge in [0.2, 0.25) is 21.8 Å². The number of anilines is 1. The van der Waals surface area contributed by atoms with E-state index in [1.54, 1.807) is 6.92 Å². The van der Waals surface area contributed by atoms with Crippen molar-refractivity contribution >= 4 is 27.5 Å². The molecule has 7 heteroatoms. The number of nitrogens with zero attached hydrogens (tertiary/aromatic N) is 1. The molecular formula is C19H20N2O4S. The minimum absolute atomic E-state index is 0.117. The van der Waals surface area contributed by atoms with Crippen LogP contribution < -0.4 is 9.62 Å². The Hall–Kier alpha value is -2.51. The Bertz CT molecular complexity index is 923. The third-order valence-corrected chi connectivity index (χ3v) is 5.78. The molecule has 3 rings (SSSR count). The zero-order valence-corrected chi connectivity index (χ0v) is 15.3. The molecule has 0 saturated carbocycles. The Morgan fingerprint density at radius 2 is 1.65 bits per heavy atom. The van der Waals surface area contributed by atoms with E-state index in [-0.39, 0.29) is 36.1 Å². The summed E-state index contributed by atoms with van der Waals surface area (Å²) in [6.07, 6.45) is 0.979. The van der Waals surface area contributed by atoms with Gasteiger partial charge in [-0.2, -0.15) is 0 Å². The monoisotopic (exact) mass is 372 g/mol. The predicted molar refractivity (Wildman–Crippen MR) is 98.2 cm³/mol. The molecule has 2 aromatic carbocycles. The van der Waals surface area contributed by atoms with Gasteiger partial charge in [-0.1, -0.05) is 30.3 Å². The molecule has 1 aliphatic heterocycles. The number of amides is 2. The van der Waals surface area contributed by atoms with Crippen LogP contribution in [0.4, 0.5) is 5.69 Å². The van der Waals surface area contributed by atoms with Gasteiger partial charge in [0, 0.05) is 19.4 Å². The highest BCUT2D eigenvalue weighted by Gasteiger charge is 2.31. The number of carbonyl (C=O) groups is 2. The molecule has 1 N–H and O–H groups in total. The summed E-state index contributed by atoms with van der Waals surface area (Å²) < 4.78 is 27.5. The van der Waals surface area contributed by atoms with Crippen LogP contribution in [0.5, 0.6) is 0 Å². The van der Waals surface area contributed by atoms with Gasteiger partial charge in [0.25, 0.3) is 0 Å². The van der Waals surface area contributed by atoms with E-state index in [2.05, 4.69) is 4.72 Å². The largest absolute Gasteiger partial charge is 0.274 e. The van der Waals surface area contributed by atoms with Crippen molar-refractivity contribution in [3.63, 3.8) is 0 Å². The van der Waals surface area contributed by atoms with Gasteiger partial charge in [-0.25, -0.2) is 13.1 Å². The summed E-state index contributed by atoms with van der Waals surface area (Å²) in [5.41, 5.74) is 2.06. The SMILES string of the molecule is Cc1cc(S(=O)(=O)NCCc2ccccc2)ccc1N1C(=O)CCC1=O. The first-order valence-electron chi connectivity index (χ1n) is 8.38. The van der Waals surface area contributed by atoms with E-state index in [1.165, 1.54) is 18.2 Å². The van der Waals surface area contributed by atoms with Gasteiger partial charge in [-0.3, -0.25) is 14.5 Å². The summed E-state index contributed by atoms with van der Waals surface area (Å²) in [6, 6.07) is 14.0. The van der Waals surface area contributed by atoms with Crippen LogP contribution in [0.2, 0.25) is 0 Å². The number of imide groups is 1. The van der Waals surface area contributed by atoms with E-state index in [4.69, 9.17) is 0 Å². The molecule has 0 atom stereocenters. The number of nitrogens with one attached hydrogen (secondary N) is 1. The Morgan fingerprint density at radius 3 is 2.27 bits per heavy atom. The van der Waals surface area contributed by atoms with Gasteiger partial charge in [0.15, 0.2) is 0 Å². The van der Waals surface area contributed by atoms with Gasteiger partial charge in [0.1, 0.15) is 0 Å². The molecule has 1 heterocycles. The highest BCUT2D eigenvalue weighted by molar-refractivity contribution is 7.89. The molecule has 0 aliphatic carbocycles. The minimum Gasteiger partial charge on any atom is -0.274 e. The number of sulfonamides is 1. The molecule has 26 heavy (non-hydrogen) atoms. The Morgan fingerprint density at radius 1 is 1.00 bits per heavy atom. The topological polar surface area (TPSA) is 83.6 Å². The Kier molecular flexibility index (Phi) is 5.20. The average Bonchev–Trinajstić information content (AvgIpc) is 2.94. The van der Waals surface area contributed by atoms with E-state index >= 15 is 0 Å². The fraction of sp³-hybridized carbons (Fsp3) is 0.263. The van der Waals surface area contributed by atoms with Crippen molar-refractivity contribution in [3.05, 3.63) is 59.7 Å². The number of carbonyl (C=O) groups excluding carboxylic acids is 2. The van der Waals surface area contributed by atoms with E-state index in [1.807, 2.05) is 30.3 Å². The number of rotatable bonds is 6. The van der Waals surface area contributed by atoms with Crippen LogP contribution in [0.1, 0.15) is 24.0 Å². The standard InChI is InChI=1S/C19H20N2O4S/c1-14-13-16(7-8-17(14)21-18(22)9-10-19(21)23)26(24,25)20-12-11-15-5-3-2-4-6-15/h2-8,13,20H,9-12H2,1H3. The van der Waals surface area contributed by atoms with Crippen molar-refractivity contribution in [3.8, 4) is 0 Å². The van der Waals surface area contributed by atoms with Crippen molar-refractivity contribution in [1.82, 2.24) is 4.72 Å². The van der Waals surface area contributed by atoms with Crippen molar-refractivity contribution < 1.29 is 18.0 Å². The molecule has 0 bridgehead atoms. The smallest absolute Gasteiger partial charge is 0.240 e. The Balaban J connectivity index is 1.73. The quantitative estimate of drug-likeness (QED) is 0.788. The zero-order valence-electron chi connectivity index (χ0n) is 14.4.